The van der Waals surface area contributed by atoms with Gasteiger partial charge in [-0.1, -0.05) is 20.8 Å². The van der Waals surface area contributed by atoms with E-state index in [-0.39, 0.29) is 24.7 Å². The smallest absolute Gasteiger partial charge is 0.313 e. The molecule has 0 aliphatic carbocycles. The molecule has 0 aliphatic heterocycles. The Morgan fingerprint density at radius 1 is 1.13 bits per heavy atom. The predicted octanol–water partition coefficient (Wildman–Crippen LogP) is 1.57. The van der Waals surface area contributed by atoms with Crippen molar-refractivity contribution < 1.29 is 19.1 Å². The standard InChI is InChI=1S/C11H20O4/c1-4-5-14-6-7-15-11(13)8-10(12)9(2)3/h9H,4-8H2,1-3H3. The van der Waals surface area contributed by atoms with Crippen LogP contribution in [0.25, 0.3) is 0 Å². The number of ketones is 1. The fraction of sp³-hybridized carbons (Fsp3) is 0.818. The Kier molecular flexibility index (Phi) is 7.91. The van der Waals surface area contributed by atoms with Crippen molar-refractivity contribution in [3.63, 3.8) is 0 Å². The monoisotopic (exact) mass is 216 g/mol. The van der Waals surface area contributed by atoms with Crippen molar-refractivity contribution in [2.24, 2.45) is 5.92 Å². The first-order chi connectivity index (χ1) is 7.07. The molecule has 0 aromatic heterocycles. The van der Waals surface area contributed by atoms with Gasteiger partial charge in [-0.15, -0.1) is 0 Å². The van der Waals surface area contributed by atoms with Crippen LogP contribution in [0.15, 0.2) is 0 Å². The fourth-order valence-corrected chi connectivity index (χ4v) is 0.858. The van der Waals surface area contributed by atoms with Crippen molar-refractivity contribution >= 4 is 11.8 Å². The van der Waals surface area contributed by atoms with E-state index in [4.69, 9.17) is 9.47 Å². The van der Waals surface area contributed by atoms with Crippen molar-refractivity contribution in [2.45, 2.75) is 33.6 Å². The first-order valence-electron chi connectivity index (χ1n) is 5.34. The van der Waals surface area contributed by atoms with Crippen molar-refractivity contribution in [2.75, 3.05) is 19.8 Å². The maximum Gasteiger partial charge on any atom is 0.313 e. The number of esters is 1. The predicted molar refractivity (Wildman–Crippen MR) is 56.5 cm³/mol. The Bertz CT molecular complexity index is 199. The molecule has 0 unspecified atom stereocenters. The number of carbonyl (C=O) groups excluding carboxylic acids is 2. The molecule has 0 aromatic rings. The molecule has 4 nitrogen and oxygen atoms in total. The highest BCUT2D eigenvalue weighted by Gasteiger charge is 2.13. The Hall–Kier alpha value is -0.900. The third-order valence-electron chi connectivity index (χ3n) is 1.80. The van der Waals surface area contributed by atoms with Crippen molar-refractivity contribution in [1.82, 2.24) is 0 Å². The van der Waals surface area contributed by atoms with Gasteiger partial charge in [-0.2, -0.15) is 0 Å². The molecular formula is C11H20O4. The molecular weight excluding hydrogens is 196 g/mol. The number of Topliss-reactive ketones (excluding diaryl/α,β-unsaturated/α-hetero) is 1. The molecule has 0 fully saturated rings. The highest BCUT2D eigenvalue weighted by Crippen LogP contribution is 1.99. The second kappa shape index (κ2) is 8.41. The number of hydrogen-bond donors (Lipinski definition) is 0. The van der Waals surface area contributed by atoms with Gasteiger partial charge in [0.25, 0.3) is 0 Å². The molecule has 0 bridgehead atoms. The highest BCUT2D eigenvalue weighted by atomic mass is 16.6. The Morgan fingerprint density at radius 3 is 2.33 bits per heavy atom. The number of carbonyl (C=O) groups is 2. The zero-order valence-electron chi connectivity index (χ0n) is 9.75. The first-order valence-corrected chi connectivity index (χ1v) is 5.34. The molecule has 0 amide bonds. The second-order valence-electron chi connectivity index (χ2n) is 3.63. The van der Waals surface area contributed by atoms with Gasteiger partial charge in [-0.05, 0) is 6.42 Å². The van der Waals surface area contributed by atoms with E-state index in [0.29, 0.717) is 13.2 Å². The second-order valence-corrected chi connectivity index (χ2v) is 3.63. The van der Waals surface area contributed by atoms with E-state index in [0.717, 1.165) is 6.42 Å². The summed E-state index contributed by atoms with van der Waals surface area (Å²) < 4.78 is 9.95. The van der Waals surface area contributed by atoms with Crippen LogP contribution in [0.1, 0.15) is 33.6 Å². The molecule has 0 saturated carbocycles. The molecule has 0 aromatic carbocycles. The maximum absolute atomic E-state index is 11.2. The van der Waals surface area contributed by atoms with Gasteiger partial charge in [0.05, 0.1) is 6.61 Å². The minimum atomic E-state index is -0.464. The van der Waals surface area contributed by atoms with E-state index < -0.39 is 5.97 Å². The van der Waals surface area contributed by atoms with Gasteiger partial charge in [0.15, 0.2) is 0 Å². The average Bonchev–Trinajstić information content (AvgIpc) is 2.17. The van der Waals surface area contributed by atoms with Gasteiger partial charge in [-0.3, -0.25) is 9.59 Å². The summed E-state index contributed by atoms with van der Waals surface area (Å²) in [5.41, 5.74) is 0. The van der Waals surface area contributed by atoms with Gasteiger partial charge in [-0.25, -0.2) is 0 Å². The fourth-order valence-electron chi connectivity index (χ4n) is 0.858. The van der Waals surface area contributed by atoms with Crippen LogP contribution < -0.4 is 0 Å². The molecule has 0 saturated heterocycles. The summed E-state index contributed by atoms with van der Waals surface area (Å²) in [4.78, 5) is 22.2. The lowest BCUT2D eigenvalue weighted by molar-refractivity contribution is -0.148. The lowest BCUT2D eigenvalue weighted by Gasteiger charge is -2.06. The third-order valence-corrected chi connectivity index (χ3v) is 1.80. The zero-order valence-corrected chi connectivity index (χ0v) is 9.75. The van der Waals surface area contributed by atoms with E-state index in [1.807, 2.05) is 6.92 Å². The Labute approximate surface area is 90.9 Å². The largest absolute Gasteiger partial charge is 0.463 e. The molecule has 0 heterocycles. The molecule has 0 rings (SSSR count). The summed E-state index contributed by atoms with van der Waals surface area (Å²) in [6.45, 7) is 6.83. The SMILES string of the molecule is CCCOCCOC(=O)CC(=O)C(C)C. The van der Waals surface area contributed by atoms with E-state index in [1.54, 1.807) is 13.8 Å². The van der Waals surface area contributed by atoms with Crippen LogP contribution in [0.4, 0.5) is 0 Å². The normalized spacial score (nSPS) is 10.4. The average molecular weight is 216 g/mol. The summed E-state index contributed by atoms with van der Waals surface area (Å²) in [5, 5.41) is 0. The van der Waals surface area contributed by atoms with Gasteiger partial charge in [0, 0.05) is 12.5 Å². The summed E-state index contributed by atoms with van der Waals surface area (Å²) in [7, 11) is 0. The van der Waals surface area contributed by atoms with Crippen LogP contribution in [0.2, 0.25) is 0 Å². The maximum atomic E-state index is 11.2. The molecule has 0 radical (unpaired) electrons. The summed E-state index contributed by atoms with van der Waals surface area (Å²) >= 11 is 0. The molecule has 4 heteroatoms. The van der Waals surface area contributed by atoms with Crippen LogP contribution in [0.5, 0.6) is 0 Å². The van der Waals surface area contributed by atoms with E-state index >= 15 is 0 Å². The van der Waals surface area contributed by atoms with Gasteiger partial charge in [0.1, 0.15) is 18.8 Å². The minimum Gasteiger partial charge on any atom is -0.463 e. The zero-order chi connectivity index (χ0) is 11.7. The van der Waals surface area contributed by atoms with Gasteiger partial charge >= 0.3 is 5.97 Å². The quantitative estimate of drug-likeness (QED) is 0.351. The molecule has 88 valence electrons. The Morgan fingerprint density at radius 2 is 1.80 bits per heavy atom. The van der Waals surface area contributed by atoms with Crippen LogP contribution in [-0.2, 0) is 19.1 Å². The summed E-state index contributed by atoms with van der Waals surface area (Å²) in [6, 6.07) is 0. The molecule has 0 spiro atoms. The van der Waals surface area contributed by atoms with Crippen LogP contribution >= 0.6 is 0 Å². The summed E-state index contributed by atoms with van der Waals surface area (Å²) in [5.74, 6) is -0.669. The van der Waals surface area contributed by atoms with Gasteiger partial charge < -0.3 is 9.47 Å². The van der Waals surface area contributed by atoms with Crippen LogP contribution in [-0.4, -0.2) is 31.6 Å². The summed E-state index contributed by atoms with van der Waals surface area (Å²) in [6.07, 6.45) is 0.811. The Balaban J connectivity index is 3.45. The molecule has 0 atom stereocenters. The van der Waals surface area contributed by atoms with E-state index in [9.17, 15) is 9.59 Å². The minimum absolute atomic E-state index is 0.0884. The topological polar surface area (TPSA) is 52.6 Å². The van der Waals surface area contributed by atoms with E-state index in [2.05, 4.69) is 0 Å². The third kappa shape index (κ3) is 8.12. The van der Waals surface area contributed by atoms with E-state index in [1.165, 1.54) is 0 Å². The van der Waals surface area contributed by atoms with Crippen molar-refractivity contribution in [3.8, 4) is 0 Å². The van der Waals surface area contributed by atoms with Crippen molar-refractivity contribution in [3.05, 3.63) is 0 Å². The lowest BCUT2D eigenvalue weighted by Crippen LogP contribution is -2.17. The van der Waals surface area contributed by atoms with Crippen LogP contribution in [0, 0.1) is 5.92 Å². The lowest BCUT2D eigenvalue weighted by atomic mass is 10.1. The number of ether oxygens (including phenoxy) is 2. The highest BCUT2D eigenvalue weighted by molar-refractivity contribution is 5.96. The van der Waals surface area contributed by atoms with Crippen LogP contribution in [0.3, 0.4) is 0 Å². The molecule has 15 heavy (non-hydrogen) atoms. The van der Waals surface area contributed by atoms with Gasteiger partial charge in [0.2, 0.25) is 0 Å². The molecule has 0 aliphatic rings. The molecule has 0 N–H and O–H groups in total. The van der Waals surface area contributed by atoms with Crippen molar-refractivity contribution in [1.29, 1.82) is 0 Å². The number of rotatable bonds is 8. The number of hydrogen-bond acceptors (Lipinski definition) is 4. The first kappa shape index (κ1) is 14.1.